The van der Waals surface area contributed by atoms with Gasteiger partial charge in [0.2, 0.25) is 0 Å². The lowest BCUT2D eigenvalue weighted by Gasteiger charge is -2.04. The lowest BCUT2D eigenvalue weighted by molar-refractivity contribution is -0.137. The lowest BCUT2D eigenvalue weighted by atomic mass is 10.2. The van der Waals surface area contributed by atoms with E-state index < -0.39 is 11.7 Å². The molecular formula is C6H6F3NS. The minimum atomic E-state index is -4.27. The standard InChI is InChI=1S/C6H6F3NS/c1-3-4(6(7,8)9)2-11-5(3)10/h2H,10H2,1H3. The summed E-state index contributed by atoms with van der Waals surface area (Å²) in [4.78, 5) is 0. The molecule has 1 nitrogen and oxygen atoms in total. The van der Waals surface area contributed by atoms with Gasteiger partial charge < -0.3 is 5.73 Å². The molecule has 0 fully saturated rings. The summed E-state index contributed by atoms with van der Waals surface area (Å²) in [6, 6.07) is 0. The maximum Gasteiger partial charge on any atom is 0.417 e. The van der Waals surface area contributed by atoms with E-state index in [0.29, 0.717) is 0 Å². The van der Waals surface area contributed by atoms with E-state index in [-0.39, 0.29) is 10.6 Å². The van der Waals surface area contributed by atoms with Crippen LogP contribution in [0.15, 0.2) is 5.38 Å². The molecule has 1 aromatic rings. The summed E-state index contributed by atoms with van der Waals surface area (Å²) < 4.78 is 36.0. The van der Waals surface area contributed by atoms with Crippen LogP contribution in [-0.4, -0.2) is 0 Å². The summed E-state index contributed by atoms with van der Waals surface area (Å²) in [7, 11) is 0. The van der Waals surface area contributed by atoms with Crippen molar-refractivity contribution < 1.29 is 13.2 Å². The van der Waals surface area contributed by atoms with Crippen molar-refractivity contribution in [2.45, 2.75) is 13.1 Å². The molecule has 62 valence electrons. The first-order chi connectivity index (χ1) is 4.93. The third-order valence-corrected chi connectivity index (χ3v) is 2.30. The molecule has 0 atom stereocenters. The third-order valence-electron chi connectivity index (χ3n) is 1.38. The van der Waals surface area contributed by atoms with Crippen LogP contribution in [-0.2, 0) is 6.18 Å². The number of hydrogen-bond acceptors (Lipinski definition) is 2. The largest absolute Gasteiger partial charge is 0.417 e. The average molecular weight is 181 g/mol. The average Bonchev–Trinajstić information content (AvgIpc) is 2.11. The molecule has 0 radical (unpaired) electrons. The summed E-state index contributed by atoms with van der Waals surface area (Å²) in [5.41, 5.74) is 4.76. The maximum absolute atomic E-state index is 12.0. The van der Waals surface area contributed by atoms with Gasteiger partial charge in [-0.1, -0.05) is 0 Å². The van der Waals surface area contributed by atoms with Gasteiger partial charge in [-0.25, -0.2) is 0 Å². The normalized spacial score (nSPS) is 12.0. The zero-order valence-electron chi connectivity index (χ0n) is 5.70. The predicted octanol–water partition coefficient (Wildman–Crippen LogP) is 2.66. The van der Waals surface area contributed by atoms with Crippen LogP contribution >= 0.6 is 11.3 Å². The van der Waals surface area contributed by atoms with E-state index in [2.05, 4.69) is 0 Å². The molecule has 1 rings (SSSR count). The van der Waals surface area contributed by atoms with Gasteiger partial charge in [0, 0.05) is 5.38 Å². The maximum atomic E-state index is 12.0. The molecule has 1 aromatic heterocycles. The number of nitrogens with two attached hydrogens (primary N) is 1. The molecule has 0 aliphatic heterocycles. The van der Waals surface area contributed by atoms with E-state index in [1.807, 2.05) is 0 Å². The molecule has 0 aliphatic carbocycles. The molecule has 0 unspecified atom stereocenters. The number of alkyl halides is 3. The van der Waals surface area contributed by atoms with Crippen molar-refractivity contribution in [1.29, 1.82) is 0 Å². The molecule has 0 saturated heterocycles. The zero-order valence-corrected chi connectivity index (χ0v) is 6.51. The Balaban J connectivity index is 3.15. The first-order valence-electron chi connectivity index (χ1n) is 2.83. The molecule has 5 heteroatoms. The fourth-order valence-electron chi connectivity index (χ4n) is 0.711. The van der Waals surface area contributed by atoms with E-state index in [4.69, 9.17) is 5.73 Å². The smallest absolute Gasteiger partial charge is 0.390 e. The van der Waals surface area contributed by atoms with Gasteiger partial charge in [-0.3, -0.25) is 0 Å². The Labute approximate surface area is 65.6 Å². The fraction of sp³-hybridized carbons (Fsp3) is 0.333. The van der Waals surface area contributed by atoms with Crippen LogP contribution in [0, 0.1) is 6.92 Å². The van der Waals surface area contributed by atoms with Gasteiger partial charge in [0.25, 0.3) is 0 Å². The fourth-order valence-corrected chi connectivity index (χ4v) is 1.55. The summed E-state index contributed by atoms with van der Waals surface area (Å²) in [6.07, 6.45) is -4.27. The summed E-state index contributed by atoms with van der Waals surface area (Å²) >= 11 is 0.916. The Bertz CT molecular complexity index is 263. The highest BCUT2D eigenvalue weighted by Gasteiger charge is 2.33. The summed E-state index contributed by atoms with van der Waals surface area (Å²) in [6.45, 7) is 1.37. The summed E-state index contributed by atoms with van der Waals surface area (Å²) in [5, 5.41) is 1.27. The molecule has 0 bridgehead atoms. The predicted molar refractivity (Wildman–Crippen MR) is 38.5 cm³/mol. The number of nitrogen functional groups attached to an aromatic ring is 1. The minimum absolute atomic E-state index is 0.127. The van der Waals surface area contributed by atoms with Crippen molar-refractivity contribution in [2.75, 3.05) is 5.73 Å². The third kappa shape index (κ3) is 1.48. The Morgan fingerprint density at radius 3 is 2.18 bits per heavy atom. The number of rotatable bonds is 0. The van der Waals surface area contributed by atoms with Crippen LogP contribution in [0.4, 0.5) is 18.2 Å². The Morgan fingerprint density at radius 1 is 1.45 bits per heavy atom. The first kappa shape index (κ1) is 8.39. The Hall–Kier alpha value is -0.710. The molecule has 0 amide bonds. The molecule has 0 saturated carbocycles. The molecule has 0 aromatic carbocycles. The van der Waals surface area contributed by atoms with Gasteiger partial charge >= 0.3 is 6.18 Å². The van der Waals surface area contributed by atoms with Gasteiger partial charge in [-0.05, 0) is 12.5 Å². The SMILES string of the molecule is Cc1c(C(F)(F)F)csc1N. The van der Waals surface area contributed by atoms with E-state index in [0.717, 1.165) is 16.7 Å². The molecule has 11 heavy (non-hydrogen) atoms. The Morgan fingerprint density at radius 2 is 2.00 bits per heavy atom. The Kier molecular flexibility index (Phi) is 1.83. The van der Waals surface area contributed by atoms with Crippen molar-refractivity contribution in [2.24, 2.45) is 0 Å². The number of thiophene rings is 1. The molecule has 2 N–H and O–H groups in total. The van der Waals surface area contributed by atoms with Crippen molar-refractivity contribution in [3.63, 3.8) is 0 Å². The van der Waals surface area contributed by atoms with Gasteiger partial charge in [0.1, 0.15) is 0 Å². The van der Waals surface area contributed by atoms with Crippen LogP contribution < -0.4 is 5.73 Å². The molecule has 1 heterocycles. The van der Waals surface area contributed by atoms with Crippen molar-refractivity contribution in [1.82, 2.24) is 0 Å². The number of anilines is 1. The van der Waals surface area contributed by atoms with Crippen LogP contribution in [0.3, 0.4) is 0 Å². The van der Waals surface area contributed by atoms with Crippen molar-refractivity contribution in [3.8, 4) is 0 Å². The molecule has 0 aliphatic rings. The van der Waals surface area contributed by atoms with E-state index in [1.54, 1.807) is 0 Å². The van der Waals surface area contributed by atoms with Gasteiger partial charge in [-0.15, -0.1) is 11.3 Å². The zero-order chi connectivity index (χ0) is 8.65. The van der Waals surface area contributed by atoms with Gasteiger partial charge in [0.15, 0.2) is 0 Å². The minimum Gasteiger partial charge on any atom is -0.390 e. The number of halogens is 3. The van der Waals surface area contributed by atoms with Gasteiger partial charge in [-0.2, -0.15) is 13.2 Å². The second-order valence-electron chi connectivity index (χ2n) is 2.14. The summed E-state index contributed by atoms with van der Waals surface area (Å²) in [5.74, 6) is 0. The van der Waals surface area contributed by atoms with E-state index in [1.165, 1.54) is 6.92 Å². The van der Waals surface area contributed by atoms with E-state index >= 15 is 0 Å². The highest BCUT2D eigenvalue weighted by molar-refractivity contribution is 7.14. The highest BCUT2D eigenvalue weighted by atomic mass is 32.1. The van der Waals surface area contributed by atoms with Gasteiger partial charge in [0.05, 0.1) is 10.6 Å². The highest BCUT2D eigenvalue weighted by Crippen LogP contribution is 2.37. The molecule has 0 spiro atoms. The van der Waals surface area contributed by atoms with E-state index in [9.17, 15) is 13.2 Å². The van der Waals surface area contributed by atoms with Crippen LogP contribution in [0.5, 0.6) is 0 Å². The topological polar surface area (TPSA) is 26.0 Å². The molecular weight excluding hydrogens is 175 g/mol. The van der Waals surface area contributed by atoms with Crippen LogP contribution in [0.25, 0.3) is 0 Å². The van der Waals surface area contributed by atoms with Crippen LogP contribution in [0.2, 0.25) is 0 Å². The van der Waals surface area contributed by atoms with Crippen molar-refractivity contribution in [3.05, 3.63) is 16.5 Å². The quantitative estimate of drug-likeness (QED) is 0.654. The second kappa shape index (κ2) is 2.41. The second-order valence-corrected chi connectivity index (χ2v) is 3.05. The lowest BCUT2D eigenvalue weighted by Crippen LogP contribution is -2.05. The van der Waals surface area contributed by atoms with Crippen LogP contribution in [0.1, 0.15) is 11.1 Å². The monoisotopic (exact) mass is 181 g/mol. The first-order valence-corrected chi connectivity index (χ1v) is 3.71. The number of hydrogen-bond donors (Lipinski definition) is 1. The van der Waals surface area contributed by atoms with Crippen molar-refractivity contribution >= 4 is 16.3 Å².